The standard InChI is InChI=1S/C15H21Br/c1-3-12-4-6-13(7-5-12)10-15(2,11-16)14-8-9-14/h4-7,14H,3,8-11H2,1-2H3. The van der Waals surface area contributed by atoms with Gasteiger partial charge < -0.3 is 0 Å². The molecular formula is C15H21Br. The minimum Gasteiger partial charge on any atom is -0.0922 e. The number of hydrogen-bond donors (Lipinski definition) is 0. The number of rotatable bonds is 5. The first-order chi connectivity index (χ1) is 7.68. The minimum absolute atomic E-state index is 0.466. The van der Waals surface area contributed by atoms with E-state index in [0.29, 0.717) is 5.41 Å². The summed E-state index contributed by atoms with van der Waals surface area (Å²) in [5.41, 5.74) is 3.40. The van der Waals surface area contributed by atoms with Crippen LogP contribution in [0.15, 0.2) is 24.3 Å². The quantitative estimate of drug-likeness (QED) is 0.692. The molecular weight excluding hydrogens is 260 g/mol. The summed E-state index contributed by atoms with van der Waals surface area (Å²) < 4.78 is 0. The molecule has 1 unspecified atom stereocenters. The maximum Gasteiger partial charge on any atom is 0.00911 e. The maximum absolute atomic E-state index is 3.70. The summed E-state index contributed by atoms with van der Waals surface area (Å²) in [4.78, 5) is 0. The largest absolute Gasteiger partial charge is 0.0922 e. The van der Waals surface area contributed by atoms with E-state index < -0.39 is 0 Å². The van der Waals surface area contributed by atoms with Crippen LogP contribution in [0.4, 0.5) is 0 Å². The highest BCUT2D eigenvalue weighted by Crippen LogP contribution is 2.48. The van der Waals surface area contributed by atoms with Crippen LogP contribution in [0.5, 0.6) is 0 Å². The molecule has 1 atom stereocenters. The first-order valence-electron chi connectivity index (χ1n) is 6.32. The summed E-state index contributed by atoms with van der Waals surface area (Å²) in [5.74, 6) is 0.942. The van der Waals surface area contributed by atoms with Crippen LogP contribution in [0.2, 0.25) is 0 Å². The van der Waals surface area contributed by atoms with Gasteiger partial charge in [0.15, 0.2) is 0 Å². The van der Waals surface area contributed by atoms with Gasteiger partial charge in [0, 0.05) is 5.33 Å². The molecule has 0 aliphatic heterocycles. The van der Waals surface area contributed by atoms with Crippen molar-refractivity contribution in [3.05, 3.63) is 35.4 Å². The highest BCUT2D eigenvalue weighted by molar-refractivity contribution is 9.09. The zero-order valence-corrected chi connectivity index (χ0v) is 11.9. The molecule has 0 nitrogen and oxygen atoms in total. The average molecular weight is 281 g/mol. The third kappa shape index (κ3) is 2.68. The Morgan fingerprint density at radius 3 is 2.19 bits per heavy atom. The fourth-order valence-electron chi connectivity index (χ4n) is 2.44. The van der Waals surface area contributed by atoms with Crippen molar-refractivity contribution >= 4 is 15.9 Å². The first-order valence-corrected chi connectivity index (χ1v) is 7.44. The molecule has 2 rings (SSSR count). The van der Waals surface area contributed by atoms with E-state index in [1.807, 2.05) is 0 Å². The molecule has 0 radical (unpaired) electrons. The second-order valence-electron chi connectivity index (χ2n) is 5.41. The van der Waals surface area contributed by atoms with Crippen molar-refractivity contribution < 1.29 is 0 Å². The fraction of sp³-hybridized carbons (Fsp3) is 0.600. The summed E-state index contributed by atoms with van der Waals surface area (Å²) >= 11 is 3.70. The van der Waals surface area contributed by atoms with E-state index >= 15 is 0 Å². The monoisotopic (exact) mass is 280 g/mol. The summed E-state index contributed by atoms with van der Waals surface area (Å²) in [6.07, 6.45) is 5.20. The van der Waals surface area contributed by atoms with Gasteiger partial charge in [0.25, 0.3) is 0 Å². The molecule has 0 saturated heterocycles. The third-order valence-electron chi connectivity index (χ3n) is 3.91. The molecule has 1 aliphatic carbocycles. The van der Waals surface area contributed by atoms with Crippen LogP contribution in [0, 0.1) is 11.3 Å². The van der Waals surface area contributed by atoms with Crippen molar-refractivity contribution in [3.8, 4) is 0 Å². The second-order valence-corrected chi connectivity index (χ2v) is 5.97. The fourth-order valence-corrected chi connectivity index (χ4v) is 3.10. The van der Waals surface area contributed by atoms with Crippen LogP contribution in [0.1, 0.15) is 37.8 Å². The summed E-state index contributed by atoms with van der Waals surface area (Å²) in [6, 6.07) is 9.16. The van der Waals surface area contributed by atoms with Crippen molar-refractivity contribution in [3.63, 3.8) is 0 Å². The average Bonchev–Trinajstić information content (AvgIpc) is 3.14. The lowest BCUT2D eigenvalue weighted by Gasteiger charge is -2.27. The van der Waals surface area contributed by atoms with E-state index in [2.05, 4.69) is 54.0 Å². The molecule has 0 bridgehead atoms. The van der Waals surface area contributed by atoms with Crippen LogP contribution in [0.3, 0.4) is 0 Å². The molecule has 88 valence electrons. The van der Waals surface area contributed by atoms with Gasteiger partial charge in [-0.2, -0.15) is 0 Å². The molecule has 1 aromatic rings. The number of benzene rings is 1. The zero-order chi connectivity index (χ0) is 11.6. The Balaban J connectivity index is 2.06. The molecule has 1 fully saturated rings. The third-order valence-corrected chi connectivity index (χ3v) is 5.19. The van der Waals surface area contributed by atoms with Gasteiger partial charge in [-0.3, -0.25) is 0 Å². The van der Waals surface area contributed by atoms with Gasteiger partial charge >= 0.3 is 0 Å². The van der Waals surface area contributed by atoms with Gasteiger partial charge in [0.1, 0.15) is 0 Å². The van der Waals surface area contributed by atoms with Crippen LogP contribution in [0.25, 0.3) is 0 Å². The van der Waals surface area contributed by atoms with Gasteiger partial charge in [-0.05, 0) is 48.1 Å². The SMILES string of the molecule is CCc1ccc(CC(C)(CBr)C2CC2)cc1. The smallest absolute Gasteiger partial charge is 0.00911 e. The Morgan fingerprint density at radius 2 is 1.75 bits per heavy atom. The van der Waals surface area contributed by atoms with E-state index in [-0.39, 0.29) is 0 Å². The normalized spacial score (nSPS) is 19.4. The Labute approximate surface area is 108 Å². The Hall–Kier alpha value is -0.300. The van der Waals surface area contributed by atoms with Crippen molar-refractivity contribution in [1.82, 2.24) is 0 Å². The van der Waals surface area contributed by atoms with E-state index in [4.69, 9.17) is 0 Å². The Morgan fingerprint density at radius 1 is 1.19 bits per heavy atom. The van der Waals surface area contributed by atoms with Gasteiger partial charge in [-0.15, -0.1) is 0 Å². The number of hydrogen-bond acceptors (Lipinski definition) is 0. The lowest BCUT2D eigenvalue weighted by Crippen LogP contribution is -2.24. The van der Waals surface area contributed by atoms with Crippen molar-refractivity contribution in [2.45, 2.75) is 39.5 Å². The Kier molecular flexibility index (Phi) is 3.73. The van der Waals surface area contributed by atoms with E-state index in [0.717, 1.165) is 17.7 Å². The van der Waals surface area contributed by atoms with Crippen molar-refractivity contribution in [1.29, 1.82) is 0 Å². The molecule has 0 N–H and O–H groups in total. The Bertz CT molecular complexity index is 337. The molecule has 1 saturated carbocycles. The molecule has 0 spiro atoms. The predicted molar refractivity (Wildman–Crippen MR) is 74.1 cm³/mol. The molecule has 16 heavy (non-hydrogen) atoms. The number of halogens is 1. The molecule has 1 heteroatoms. The number of aryl methyl sites for hydroxylation is 1. The lowest BCUT2D eigenvalue weighted by molar-refractivity contribution is 0.319. The second kappa shape index (κ2) is 4.91. The topological polar surface area (TPSA) is 0 Å². The lowest BCUT2D eigenvalue weighted by atomic mass is 9.81. The highest BCUT2D eigenvalue weighted by atomic mass is 79.9. The summed E-state index contributed by atoms with van der Waals surface area (Å²) in [6.45, 7) is 4.63. The molecule has 0 aromatic heterocycles. The first kappa shape index (κ1) is 12.2. The van der Waals surface area contributed by atoms with Crippen LogP contribution in [-0.2, 0) is 12.8 Å². The van der Waals surface area contributed by atoms with E-state index in [1.165, 1.54) is 30.4 Å². The maximum atomic E-state index is 3.70. The minimum atomic E-state index is 0.466. The van der Waals surface area contributed by atoms with Gasteiger partial charge in [0.05, 0.1) is 0 Å². The molecule has 0 heterocycles. The molecule has 1 aromatic carbocycles. The van der Waals surface area contributed by atoms with E-state index in [9.17, 15) is 0 Å². The van der Waals surface area contributed by atoms with Crippen molar-refractivity contribution in [2.24, 2.45) is 11.3 Å². The zero-order valence-electron chi connectivity index (χ0n) is 10.3. The molecule has 0 amide bonds. The van der Waals surface area contributed by atoms with Crippen molar-refractivity contribution in [2.75, 3.05) is 5.33 Å². The van der Waals surface area contributed by atoms with Crippen LogP contribution in [-0.4, -0.2) is 5.33 Å². The number of alkyl halides is 1. The predicted octanol–water partition coefficient (Wildman–Crippen LogP) is 4.60. The highest BCUT2D eigenvalue weighted by Gasteiger charge is 2.40. The van der Waals surface area contributed by atoms with Crippen LogP contribution < -0.4 is 0 Å². The van der Waals surface area contributed by atoms with Gasteiger partial charge in [0.2, 0.25) is 0 Å². The summed E-state index contributed by atoms with van der Waals surface area (Å²) in [7, 11) is 0. The van der Waals surface area contributed by atoms with Gasteiger partial charge in [-0.25, -0.2) is 0 Å². The van der Waals surface area contributed by atoms with Crippen LogP contribution >= 0.6 is 15.9 Å². The van der Waals surface area contributed by atoms with E-state index in [1.54, 1.807) is 0 Å². The van der Waals surface area contributed by atoms with Gasteiger partial charge in [-0.1, -0.05) is 54.0 Å². The summed E-state index contributed by atoms with van der Waals surface area (Å²) in [5, 5.41) is 1.13. The molecule has 1 aliphatic rings.